The summed E-state index contributed by atoms with van der Waals surface area (Å²) in [5, 5.41) is 15.2. The summed E-state index contributed by atoms with van der Waals surface area (Å²) in [6, 6.07) is 6.92. The molecule has 7 nitrogen and oxygen atoms in total. The lowest BCUT2D eigenvalue weighted by atomic mass is 10.0. The van der Waals surface area contributed by atoms with Crippen LogP contribution in [0.5, 0.6) is 0 Å². The molecule has 0 aliphatic rings. The van der Waals surface area contributed by atoms with Crippen molar-refractivity contribution in [1.82, 2.24) is 5.16 Å². The van der Waals surface area contributed by atoms with E-state index in [1.165, 1.54) is 18.4 Å². The summed E-state index contributed by atoms with van der Waals surface area (Å²) in [5.41, 5.74) is 10.2. The van der Waals surface area contributed by atoms with Crippen LogP contribution in [0.1, 0.15) is 42.6 Å². The van der Waals surface area contributed by atoms with Crippen molar-refractivity contribution in [3.63, 3.8) is 0 Å². The lowest BCUT2D eigenvalue weighted by Gasteiger charge is -2.11. The normalized spacial score (nSPS) is 12.6. The predicted octanol–water partition coefficient (Wildman–Crippen LogP) is 3.39. The standard InChI is InChI=1S/C18H22FN5O2/c19-13-6-8-14(9-7-13)22-23-17(12-20)15(21)4-2-1-3-5-18(25)16-10-11-26-24-16/h6-12,15,20,22H,1-5,21H2/b20-12?,23-17+. The minimum Gasteiger partial charge on any atom is -0.364 e. The fourth-order valence-corrected chi connectivity index (χ4v) is 2.33. The van der Waals surface area contributed by atoms with Crippen LogP contribution in [0.2, 0.25) is 0 Å². The Kier molecular flexibility index (Phi) is 7.63. The van der Waals surface area contributed by atoms with Gasteiger partial charge >= 0.3 is 0 Å². The van der Waals surface area contributed by atoms with Gasteiger partial charge in [0.05, 0.1) is 17.4 Å². The first-order chi connectivity index (χ1) is 12.6. The Hall–Kier alpha value is -2.87. The number of aromatic nitrogens is 1. The maximum Gasteiger partial charge on any atom is 0.184 e. The number of benzene rings is 1. The van der Waals surface area contributed by atoms with Crippen LogP contribution < -0.4 is 11.2 Å². The third-order valence-corrected chi connectivity index (χ3v) is 3.83. The third kappa shape index (κ3) is 6.21. The van der Waals surface area contributed by atoms with E-state index in [1.54, 1.807) is 18.2 Å². The van der Waals surface area contributed by atoms with Crippen molar-refractivity contribution in [2.45, 2.75) is 38.1 Å². The van der Waals surface area contributed by atoms with Crippen LogP contribution >= 0.6 is 0 Å². The van der Waals surface area contributed by atoms with E-state index < -0.39 is 0 Å². The molecule has 8 heteroatoms. The van der Waals surface area contributed by atoms with Crippen molar-refractivity contribution >= 4 is 23.4 Å². The van der Waals surface area contributed by atoms with Gasteiger partial charge in [0, 0.05) is 18.7 Å². The number of hydrogen-bond donors (Lipinski definition) is 3. The van der Waals surface area contributed by atoms with Gasteiger partial charge in [-0.2, -0.15) is 5.10 Å². The van der Waals surface area contributed by atoms with Crippen LogP contribution in [0, 0.1) is 11.2 Å². The molecule has 0 saturated heterocycles. The molecule has 0 spiro atoms. The minimum atomic E-state index is -0.383. The number of nitrogens with one attached hydrogen (secondary N) is 2. The molecule has 0 amide bonds. The highest BCUT2D eigenvalue weighted by molar-refractivity contribution is 6.31. The molecule has 2 aromatic rings. The number of unbranched alkanes of at least 4 members (excludes halogenated alkanes) is 2. The fraction of sp³-hybridized carbons (Fsp3) is 0.333. The van der Waals surface area contributed by atoms with E-state index in [4.69, 9.17) is 11.1 Å². The predicted molar refractivity (Wildman–Crippen MR) is 98.1 cm³/mol. The second kappa shape index (κ2) is 10.2. The van der Waals surface area contributed by atoms with Crippen LogP contribution in [0.15, 0.2) is 46.2 Å². The van der Waals surface area contributed by atoms with Gasteiger partial charge in [0.2, 0.25) is 0 Å². The van der Waals surface area contributed by atoms with Crippen molar-refractivity contribution in [2.75, 3.05) is 5.43 Å². The van der Waals surface area contributed by atoms with E-state index in [0.29, 0.717) is 29.9 Å². The summed E-state index contributed by atoms with van der Waals surface area (Å²) in [4.78, 5) is 11.8. The largest absolute Gasteiger partial charge is 0.364 e. The maximum atomic E-state index is 12.9. The van der Waals surface area contributed by atoms with E-state index in [0.717, 1.165) is 25.5 Å². The first kappa shape index (κ1) is 19.5. The molecule has 1 heterocycles. The molecule has 0 aliphatic heterocycles. The highest BCUT2D eigenvalue weighted by atomic mass is 19.1. The Bertz CT molecular complexity index is 729. The molecule has 0 aliphatic carbocycles. The number of ketones is 1. The average molecular weight is 359 g/mol. The van der Waals surface area contributed by atoms with Crippen molar-refractivity contribution in [2.24, 2.45) is 10.8 Å². The molecule has 0 bridgehead atoms. The summed E-state index contributed by atoms with van der Waals surface area (Å²) >= 11 is 0. The van der Waals surface area contributed by atoms with Gasteiger partial charge in [-0.15, -0.1) is 0 Å². The van der Waals surface area contributed by atoms with Gasteiger partial charge in [0.25, 0.3) is 0 Å². The number of carbonyl (C=O) groups is 1. The lowest BCUT2D eigenvalue weighted by molar-refractivity contribution is 0.0970. The zero-order chi connectivity index (χ0) is 18.8. The Morgan fingerprint density at radius 1 is 1.31 bits per heavy atom. The first-order valence-corrected chi connectivity index (χ1v) is 8.39. The monoisotopic (exact) mass is 359 g/mol. The Morgan fingerprint density at radius 3 is 2.73 bits per heavy atom. The Balaban J connectivity index is 1.70. The van der Waals surface area contributed by atoms with Gasteiger partial charge < -0.3 is 15.7 Å². The van der Waals surface area contributed by atoms with E-state index in [2.05, 4.69) is 20.2 Å². The number of halogens is 1. The summed E-state index contributed by atoms with van der Waals surface area (Å²) < 4.78 is 17.5. The molecule has 1 aromatic carbocycles. The number of hydrazone groups is 1. The number of carbonyl (C=O) groups excluding carboxylic acids is 1. The number of nitrogens with two attached hydrogens (primary N) is 1. The van der Waals surface area contributed by atoms with Gasteiger partial charge in [0.1, 0.15) is 17.8 Å². The van der Waals surface area contributed by atoms with E-state index in [1.807, 2.05) is 0 Å². The van der Waals surface area contributed by atoms with Gasteiger partial charge in [-0.3, -0.25) is 10.2 Å². The molecule has 1 aromatic heterocycles. The third-order valence-electron chi connectivity index (χ3n) is 3.83. The first-order valence-electron chi connectivity index (χ1n) is 8.39. The van der Waals surface area contributed by atoms with Crippen LogP contribution in [-0.4, -0.2) is 28.9 Å². The van der Waals surface area contributed by atoms with Crippen LogP contribution in [0.25, 0.3) is 0 Å². The van der Waals surface area contributed by atoms with Gasteiger partial charge in [-0.25, -0.2) is 4.39 Å². The number of hydrogen-bond acceptors (Lipinski definition) is 7. The Morgan fingerprint density at radius 2 is 2.08 bits per heavy atom. The van der Waals surface area contributed by atoms with Crippen molar-refractivity contribution < 1.29 is 13.7 Å². The number of rotatable bonds is 11. The molecule has 2 rings (SSSR count). The minimum absolute atomic E-state index is 0.0340. The maximum absolute atomic E-state index is 12.9. The second-order valence-corrected chi connectivity index (χ2v) is 5.81. The van der Waals surface area contributed by atoms with E-state index in [9.17, 15) is 9.18 Å². The molecular weight excluding hydrogens is 337 g/mol. The molecule has 26 heavy (non-hydrogen) atoms. The highest BCUT2D eigenvalue weighted by Crippen LogP contribution is 2.10. The topological polar surface area (TPSA) is 117 Å². The van der Waals surface area contributed by atoms with E-state index >= 15 is 0 Å². The number of Topliss-reactive ketones (excluding diaryl/α,β-unsaturated/α-hetero) is 1. The summed E-state index contributed by atoms with van der Waals surface area (Å²) in [5.74, 6) is -0.362. The summed E-state index contributed by atoms with van der Waals surface area (Å²) in [6.45, 7) is 0. The van der Waals surface area contributed by atoms with Gasteiger partial charge in [-0.05, 0) is 37.1 Å². The van der Waals surface area contributed by atoms with Crippen LogP contribution in [0.4, 0.5) is 10.1 Å². The van der Waals surface area contributed by atoms with Gasteiger partial charge in [0.15, 0.2) is 5.78 Å². The molecule has 138 valence electrons. The molecule has 0 fully saturated rings. The SMILES string of the molecule is N=C/C(=N\Nc1ccc(F)cc1)C(N)CCCCCC(=O)c1ccon1. The zero-order valence-corrected chi connectivity index (χ0v) is 14.3. The zero-order valence-electron chi connectivity index (χ0n) is 14.3. The summed E-state index contributed by atoms with van der Waals surface area (Å²) in [6.07, 6.45) is 5.95. The summed E-state index contributed by atoms with van der Waals surface area (Å²) in [7, 11) is 0. The lowest BCUT2D eigenvalue weighted by Crippen LogP contribution is -2.32. The highest BCUT2D eigenvalue weighted by Gasteiger charge is 2.11. The molecular formula is C18H22FN5O2. The molecule has 1 unspecified atom stereocenters. The number of nitrogens with zero attached hydrogens (tertiary/aromatic N) is 2. The quantitative estimate of drug-likeness (QED) is 0.246. The van der Waals surface area contributed by atoms with Crippen molar-refractivity contribution in [3.8, 4) is 0 Å². The molecule has 1 atom stereocenters. The van der Waals surface area contributed by atoms with Crippen molar-refractivity contribution in [1.29, 1.82) is 5.41 Å². The van der Waals surface area contributed by atoms with Crippen molar-refractivity contribution in [3.05, 3.63) is 48.1 Å². The average Bonchev–Trinajstić information content (AvgIpc) is 3.18. The molecule has 0 radical (unpaired) electrons. The second-order valence-electron chi connectivity index (χ2n) is 5.81. The smallest absolute Gasteiger partial charge is 0.184 e. The van der Waals surface area contributed by atoms with E-state index in [-0.39, 0.29) is 17.6 Å². The fourth-order valence-electron chi connectivity index (χ4n) is 2.33. The Labute approximate surface area is 151 Å². The van der Waals surface area contributed by atoms with Crippen LogP contribution in [-0.2, 0) is 0 Å². The van der Waals surface area contributed by atoms with Gasteiger partial charge in [-0.1, -0.05) is 18.0 Å². The molecule has 4 N–H and O–H groups in total. The van der Waals surface area contributed by atoms with Crippen LogP contribution in [0.3, 0.4) is 0 Å². The molecule has 0 saturated carbocycles. The number of anilines is 1.